The van der Waals surface area contributed by atoms with Crippen LogP contribution in [0.4, 0.5) is 0 Å². The molecule has 0 atom stereocenters. The lowest BCUT2D eigenvalue weighted by Crippen LogP contribution is -2.35. The SMILES string of the molecule is CCS(=O)(=O)c1ccc2oc(CC3CCN(CCC(c4ccccc4)c4ccccc4)CC3)nc2c1. The van der Waals surface area contributed by atoms with E-state index in [1.54, 1.807) is 25.1 Å². The van der Waals surface area contributed by atoms with Crippen molar-refractivity contribution in [1.82, 2.24) is 9.88 Å². The quantitative estimate of drug-likeness (QED) is 0.277. The molecular formula is C30H34N2O3S. The van der Waals surface area contributed by atoms with Crippen molar-refractivity contribution in [3.8, 4) is 0 Å². The molecule has 1 aromatic heterocycles. The summed E-state index contributed by atoms with van der Waals surface area (Å²) < 4.78 is 30.3. The van der Waals surface area contributed by atoms with Crippen LogP contribution in [-0.4, -0.2) is 43.7 Å². The van der Waals surface area contributed by atoms with Gasteiger partial charge in [-0.25, -0.2) is 13.4 Å². The number of rotatable bonds is 9. The highest BCUT2D eigenvalue weighted by molar-refractivity contribution is 7.91. The predicted molar refractivity (Wildman–Crippen MR) is 144 cm³/mol. The van der Waals surface area contributed by atoms with Crippen LogP contribution < -0.4 is 0 Å². The number of fused-ring (bicyclic) bond motifs is 1. The van der Waals surface area contributed by atoms with Gasteiger partial charge in [-0.1, -0.05) is 67.6 Å². The van der Waals surface area contributed by atoms with Gasteiger partial charge in [0.25, 0.3) is 0 Å². The summed E-state index contributed by atoms with van der Waals surface area (Å²) in [6, 6.07) is 26.6. The lowest BCUT2D eigenvalue weighted by molar-refractivity contribution is 0.176. The Bertz CT molecular complexity index is 1340. The number of benzene rings is 3. The second-order valence-corrected chi connectivity index (χ2v) is 12.1. The van der Waals surface area contributed by atoms with Crippen LogP contribution in [0.3, 0.4) is 0 Å². The van der Waals surface area contributed by atoms with Gasteiger partial charge in [-0.2, -0.15) is 0 Å². The molecule has 2 heterocycles. The standard InChI is InChI=1S/C30H34N2O3S/c1-2-36(33,34)26-13-14-29-28(22-26)31-30(35-29)21-23-15-18-32(19-16-23)20-17-27(24-9-5-3-6-10-24)25-11-7-4-8-12-25/h3-14,22-23,27H,2,15-21H2,1H3. The van der Waals surface area contributed by atoms with E-state index in [1.165, 1.54) is 11.1 Å². The van der Waals surface area contributed by atoms with Crippen LogP contribution in [0.15, 0.2) is 88.2 Å². The second kappa shape index (κ2) is 11.0. The van der Waals surface area contributed by atoms with Gasteiger partial charge in [0, 0.05) is 12.3 Å². The number of oxazole rings is 1. The first-order valence-corrected chi connectivity index (χ1v) is 14.6. The summed E-state index contributed by atoms with van der Waals surface area (Å²) in [5.74, 6) is 1.74. The van der Waals surface area contributed by atoms with Gasteiger partial charge in [-0.05, 0) is 74.1 Å². The van der Waals surface area contributed by atoms with Gasteiger partial charge in [0.1, 0.15) is 5.52 Å². The summed E-state index contributed by atoms with van der Waals surface area (Å²) >= 11 is 0. The minimum Gasteiger partial charge on any atom is -0.441 e. The van der Waals surface area contributed by atoms with E-state index in [-0.39, 0.29) is 5.75 Å². The third-order valence-corrected chi connectivity index (χ3v) is 9.18. The summed E-state index contributed by atoms with van der Waals surface area (Å²) in [7, 11) is -3.25. The first-order valence-electron chi connectivity index (χ1n) is 13.0. The van der Waals surface area contributed by atoms with Crippen molar-refractivity contribution in [3.05, 3.63) is 95.9 Å². The second-order valence-electron chi connectivity index (χ2n) is 9.79. The number of nitrogens with zero attached hydrogens (tertiary/aromatic N) is 2. The lowest BCUT2D eigenvalue weighted by atomic mass is 9.87. The van der Waals surface area contributed by atoms with E-state index in [1.807, 2.05) is 0 Å². The maximum atomic E-state index is 12.2. The van der Waals surface area contributed by atoms with Crippen LogP contribution in [-0.2, 0) is 16.3 Å². The Balaban J connectivity index is 1.17. The number of hydrogen-bond donors (Lipinski definition) is 0. The van der Waals surface area contributed by atoms with Gasteiger partial charge < -0.3 is 9.32 Å². The Hall–Kier alpha value is -2.96. The Labute approximate surface area is 214 Å². The van der Waals surface area contributed by atoms with Gasteiger partial charge >= 0.3 is 0 Å². The molecule has 5 nitrogen and oxygen atoms in total. The van der Waals surface area contributed by atoms with Crippen LogP contribution in [0.2, 0.25) is 0 Å². The fraction of sp³-hybridized carbons (Fsp3) is 0.367. The highest BCUT2D eigenvalue weighted by Gasteiger charge is 2.23. The van der Waals surface area contributed by atoms with E-state index < -0.39 is 9.84 Å². The molecule has 0 N–H and O–H groups in total. The van der Waals surface area contributed by atoms with E-state index in [0.717, 1.165) is 45.3 Å². The van der Waals surface area contributed by atoms with E-state index in [2.05, 4.69) is 70.5 Å². The highest BCUT2D eigenvalue weighted by Crippen LogP contribution is 2.30. The molecule has 0 amide bonds. The van der Waals surface area contributed by atoms with E-state index in [4.69, 9.17) is 4.42 Å². The average Bonchev–Trinajstić information content (AvgIpc) is 3.32. The third-order valence-electron chi connectivity index (χ3n) is 7.45. The molecular weight excluding hydrogens is 468 g/mol. The Morgan fingerprint density at radius 3 is 2.19 bits per heavy atom. The summed E-state index contributed by atoms with van der Waals surface area (Å²) in [5.41, 5.74) is 4.05. The van der Waals surface area contributed by atoms with Crippen LogP contribution in [0, 0.1) is 5.92 Å². The van der Waals surface area contributed by atoms with Crippen molar-refractivity contribution in [1.29, 1.82) is 0 Å². The average molecular weight is 503 g/mol. The summed E-state index contributed by atoms with van der Waals surface area (Å²) in [6.45, 7) is 4.91. The van der Waals surface area contributed by atoms with Crippen molar-refractivity contribution in [3.63, 3.8) is 0 Å². The molecule has 0 radical (unpaired) electrons. The molecule has 1 aliphatic heterocycles. The Kier molecular flexibility index (Phi) is 7.54. The molecule has 1 saturated heterocycles. The molecule has 0 spiro atoms. The molecule has 0 aliphatic carbocycles. The van der Waals surface area contributed by atoms with Crippen molar-refractivity contribution in [2.24, 2.45) is 5.92 Å². The topological polar surface area (TPSA) is 63.4 Å². The van der Waals surface area contributed by atoms with Crippen LogP contribution >= 0.6 is 0 Å². The van der Waals surface area contributed by atoms with Crippen molar-refractivity contribution in [2.45, 2.75) is 43.4 Å². The molecule has 3 aromatic carbocycles. The van der Waals surface area contributed by atoms with Gasteiger partial charge in [-0.15, -0.1) is 0 Å². The number of likely N-dealkylation sites (tertiary alicyclic amines) is 1. The van der Waals surface area contributed by atoms with E-state index >= 15 is 0 Å². The molecule has 5 rings (SSSR count). The fourth-order valence-corrected chi connectivity index (χ4v) is 6.17. The van der Waals surface area contributed by atoms with Gasteiger partial charge in [0.2, 0.25) is 0 Å². The zero-order valence-electron chi connectivity index (χ0n) is 20.8. The molecule has 188 valence electrons. The molecule has 0 bridgehead atoms. The number of hydrogen-bond acceptors (Lipinski definition) is 5. The van der Waals surface area contributed by atoms with Crippen LogP contribution in [0.5, 0.6) is 0 Å². The minimum atomic E-state index is -3.25. The molecule has 36 heavy (non-hydrogen) atoms. The zero-order chi connectivity index (χ0) is 25.0. The van der Waals surface area contributed by atoms with Crippen molar-refractivity contribution in [2.75, 3.05) is 25.4 Å². The summed E-state index contributed by atoms with van der Waals surface area (Å²) in [5, 5.41) is 0. The Morgan fingerprint density at radius 1 is 0.944 bits per heavy atom. The summed E-state index contributed by atoms with van der Waals surface area (Å²) in [4.78, 5) is 7.52. The number of aromatic nitrogens is 1. The van der Waals surface area contributed by atoms with Crippen LogP contribution in [0.1, 0.15) is 49.1 Å². The first-order chi connectivity index (χ1) is 17.5. The lowest BCUT2D eigenvalue weighted by Gasteiger charge is -2.32. The molecule has 0 unspecified atom stereocenters. The first kappa shape index (κ1) is 24.7. The minimum absolute atomic E-state index is 0.0826. The molecule has 0 saturated carbocycles. The van der Waals surface area contributed by atoms with Gasteiger partial charge in [-0.3, -0.25) is 0 Å². The smallest absolute Gasteiger partial charge is 0.195 e. The van der Waals surface area contributed by atoms with Crippen molar-refractivity contribution >= 4 is 20.9 Å². The number of piperidine rings is 1. The van der Waals surface area contributed by atoms with Crippen molar-refractivity contribution < 1.29 is 12.8 Å². The summed E-state index contributed by atoms with van der Waals surface area (Å²) in [6.07, 6.45) is 4.15. The van der Waals surface area contributed by atoms with Gasteiger partial charge in [0.15, 0.2) is 21.3 Å². The zero-order valence-corrected chi connectivity index (χ0v) is 21.7. The van der Waals surface area contributed by atoms with E-state index in [9.17, 15) is 8.42 Å². The maximum Gasteiger partial charge on any atom is 0.195 e. The van der Waals surface area contributed by atoms with Crippen LogP contribution in [0.25, 0.3) is 11.1 Å². The normalized spacial score (nSPS) is 15.6. The molecule has 1 fully saturated rings. The third kappa shape index (κ3) is 5.71. The van der Waals surface area contributed by atoms with E-state index in [0.29, 0.717) is 33.7 Å². The Morgan fingerprint density at radius 2 is 1.58 bits per heavy atom. The molecule has 6 heteroatoms. The molecule has 1 aliphatic rings. The highest BCUT2D eigenvalue weighted by atomic mass is 32.2. The maximum absolute atomic E-state index is 12.2. The monoisotopic (exact) mass is 502 g/mol. The number of sulfone groups is 1. The predicted octanol–water partition coefficient (Wildman–Crippen LogP) is 6.10. The molecule has 4 aromatic rings. The largest absolute Gasteiger partial charge is 0.441 e. The fourth-order valence-electron chi connectivity index (χ4n) is 5.27. The van der Waals surface area contributed by atoms with Gasteiger partial charge in [0.05, 0.1) is 10.6 Å².